The van der Waals surface area contributed by atoms with Crippen LogP contribution in [0.25, 0.3) is 31.9 Å². The fourth-order valence-electron chi connectivity index (χ4n) is 4.82. The summed E-state index contributed by atoms with van der Waals surface area (Å²) in [7, 11) is 0. The number of fused-ring (bicyclic) bond motifs is 5. The summed E-state index contributed by atoms with van der Waals surface area (Å²) in [5.74, 6) is 1.55. The highest BCUT2D eigenvalue weighted by molar-refractivity contribution is 7.26. The number of thiophene rings is 1. The van der Waals surface area contributed by atoms with Crippen molar-refractivity contribution in [1.82, 2.24) is 15.0 Å². The van der Waals surface area contributed by atoms with Crippen molar-refractivity contribution < 1.29 is 14.3 Å². The van der Waals surface area contributed by atoms with Crippen LogP contribution >= 0.6 is 11.3 Å². The molecule has 4 aromatic heterocycles. The first-order valence-electron chi connectivity index (χ1n) is 11.7. The van der Waals surface area contributed by atoms with Crippen molar-refractivity contribution in [1.29, 1.82) is 0 Å². The van der Waals surface area contributed by atoms with Gasteiger partial charge in [0.1, 0.15) is 16.9 Å². The summed E-state index contributed by atoms with van der Waals surface area (Å²) in [6, 6.07) is 14.1. The van der Waals surface area contributed by atoms with E-state index in [0.29, 0.717) is 19.7 Å². The molecule has 0 radical (unpaired) electrons. The van der Waals surface area contributed by atoms with Crippen molar-refractivity contribution in [2.45, 2.75) is 39.0 Å². The van der Waals surface area contributed by atoms with Gasteiger partial charge in [-0.25, -0.2) is 15.0 Å². The number of hydrogen-bond donors (Lipinski definition) is 1. The van der Waals surface area contributed by atoms with Gasteiger partial charge in [0.2, 0.25) is 0 Å². The number of aliphatic hydroxyl groups is 1. The van der Waals surface area contributed by atoms with Crippen LogP contribution in [0.2, 0.25) is 0 Å². The Bertz CT molecular complexity index is 1500. The average Bonchev–Trinajstić information content (AvgIpc) is 3.51. The SMILES string of the molecule is CC1(C)Cc2c(c(-c3ccco3)nc3sc4c(N(CCO)Cc5ccccc5)ncnc4c23)CO1. The lowest BCUT2D eigenvalue weighted by Crippen LogP contribution is -2.32. The van der Waals surface area contributed by atoms with E-state index in [1.165, 1.54) is 5.56 Å². The molecule has 1 aromatic carbocycles. The Kier molecular flexibility index (Phi) is 5.51. The van der Waals surface area contributed by atoms with Gasteiger partial charge in [0.25, 0.3) is 0 Å². The van der Waals surface area contributed by atoms with Crippen molar-refractivity contribution in [3.05, 3.63) is 71.7 Å². The molecule has 6 rings (SSSR count). The number of pyridine rings is 1. The molecule has 0 fully saturated rings. The first-order chi connectivity index (χ1) is 17.0. The standard InChI is InChI=1S/C27H26N4O3S/c1-27(2)13-18-19(15-34-27)22(20-9-6-12-33-20)30-26-21(18)23-24(35-26)25(29-16-28-23)31(10-11-32)14-17-7-4-3-5-8-17/h3-9,12,16,32H,10-11,13-15H2,1-2H3. The number of hydrogen-bond acceptors (Lipinski definition) is 8. The van der Waals surface area contributed by atoms with Gasteiger partial charge in [0.05, 0.1) is 35.3 Å². The number of nitrogens with zero attached hydrogens (tertiary/aromatic N) is 4. The summed E-state index contributed by atoms with van der Waals surface area (Å²) in [4.78, 5) is 17.5. The minimum Gasteiger partial charge on any atom is -0.463 e. The maximum Gasteiger partial charge on any atom is 0.152 e. The average molecular weight is 487 g/mol. The Hall–Kier alpha value is -3.33. The molecule has 0 saturated carbocycles. The predicted octanol–water partition coefficient (Wildman–Crippen LogP) is 5.35. The van der Waals surface area contributed by atoms with Crippen LogP contribution in [-0.2, 0) is 24.3 Å². The van der Waals surface area contributed by atoms with E-state index in [1.54, 1.807) is 23.9 Å². The van der Waals surface area contributed by atoms with Gasteiger partial charge < -0.3 is 19.2 Å². The molecule has 5 heterocycles. The molecule has 0 spiro atoms. The second-order valence-electron chi connectivity index (χ2n) is 9.41. The van der Waals surface area contributed by atoms with E-state index in [9.17, 15) is 5.11 Å². The molecule has 5 aromatic rings. The minimum atomic E-state index is -0.290. The molecule has 0 atom stereocenters. The van der Waals surface area contributed by atoms with Gasteiger partial charge in [-0.3, -0.25) is 0 Å². The van der Waals surface area contributed by atoms with Gasteiger partial charge in [-0.2, -0.15) is 0 Å². The zero-order valence-electron chi connectivity index (χ0n) is 19.7. The van der Waals surface area contributed by atoms with E-state index in [1.807, 2.05) is 30.3 Å². The minimum absolute atomic E-state index is 0.0328. The molecule has 8 heteroatoms. The summed E-state index contributed by atoms with van der Waals surface area (Å²) in [5, 5.41) is 10.9. The lowest BCUT2D eigenvalue weighted by molar-refractivity contribution is -0.0395. The van der Waals surface area contributed by atoms with Crippen molar-refractivity contribution in [3.8, 4) is 11.5 Å². The Labute approximate surface area is 207 Å². The first-order valence-corrected chi connectivity index (χ1v) is 12.5. The highest BCUT2D eigenvalue weighted by atomic mass is 32.1. The highest BCUT2D eigenvalue weighted by Crippen LogP contribution is 2.44. The molecule has 0 aliphatic carbocycles. The van der Waals surface area contributed by atoms with Crippen LogP contribution < -0.4 is 4.90 Å². The number of anilines is 1. The van der Waals surface area contributed by atoms with Gasteiger partial charge in [0, 0.05) is 30.5 Å². The second-order valence-corrected chi connectivity index (χ2v) is 10.4. The summed E-state index contributed by atoms with van der Waals surface area (Å²) in [6.45, 7) is 5.86. The van der Waals surface area contributed by atoms with Crippen LogP contribution in [0.4, 0.5) is 5.82 Å². The van der Waals surface area contributed by atoms with Crippen LogP contribution in [-0.4, -0.2) is 38.8 Å². The molecule has 1 aliphatic rings. The fraction of sp³-hybridized carbons (Fsp3) is 0.296. The maximum atomic E-state index is 9.83. The van der Waals surface area contributed by atoms with Gasteiger partial charge in [-0.1, -0.05) is 30.3 Å². The zero-order valence-corrected chi connectivity index (χ0v) is 20.5. The number of rotatable bonds is 6. The number of aliphatic hydroxyl groups excluding tert-OH is 1. The third-order valence-electron chi connectivity index (χ3n) is 6.45. The fourth-order valence-corrected chi connectivity index (χ4v) is 6.00. The first kappa shape index (κ1) is 22.2. The van der Waals surface area contributed by atoms with E-state index < -0.39 is 0 Å². The van der Waals surface area contributed by atoms with Crippen molar-refractivity contribution in [2.24, 2.45) is 0 Å². The number of aromatic nitrogens is 3. The Balaban J connectivity index is 1.58. The highest BCUT2D eigenvalue weighted by Gasteiger charge is 2.33. The largest absolute Gasteiger partial charge is 0.463 e. The van der Waals surface area contributed by atoms with Crippen LogP contribution in [0.15, 0.2) is 59.5 Å². The summed E-state index contributed by atoms with van der Waals surface area (Å²) in [6.07, 6.45) is 4.05. The molecule has 1 N–H and O–H groups in total. The molecule has 35 heavy (non-hydrogen) atoms. The normalized spacial score (nSPS) is 14.9. The number of benzene rings is 1. The Morgan fingerprint density at radius 2 is 1.94 bits per heavy atom. The Morgan fingerprint density at radius 1 is 1.09 bits per heavy atom. The van der Waals surface area contributed by atoms with E-state index >= 15 is 0 Å². The summed E-state index contributed by atoms with van der Waals surface area (Å²) < 4.78 is 12.9. The number of ether oxygens (including phenoxy) is 1. The van der Waals surface area contributed by atoms with Gasteiger partial charge >= 0.3 is 0 Å². The van der Waals surface area contributed by atoms with Crippen molar-refractivity contribution >= 4 is 37.6 Å². The lowest BCUT2D eigenvalue weighted by Gasteiger charge is -2.32. The van der Waals surface area contributed by atoms with Crippen LogP contribution in [0.3, 0.4) is 0 Å². The molecule has 0 unspecified atom stereocenters. The van der Waals surface area contributed by atoms with Crippen LogP contribution in [0.1, 0.15) is 30.5 Å². The van der Waals surface area contributed by atoms with Crippen molar-refractivity contribution in [3.63, 3.8) is 0 Å². The molecule has 0 bridgehead atoms. The molecule has 0 amide bonds. The van der Waals surface area contributed by atoms with Gasteiger partial charge in [0.15, 0.2) is 11.6 Å². The van der Waals surface area contributed by atoms with Crippen LogP contribution in [0, 0.1) is 0 Å². The van der Waals surface area contributed by atoms with Crippen molar-refractivity contribution in [2.75, 3.05) is 18.1 Å². The zero-order chi connectivity index (χ0) is 24.0. The smallest absolute Gasteiger partial charge is 0.152 e. The van der Waals surface area contributed by atoms with E-state index in [4.69, 9.17) is 19.1 Å². The van der Waals surface area contributed by atoms with E-state index in [2.05, 4.69) is 35.9 Å². The molecule has 1 aliphatic heterocycles. The van der Waals surface area contributed by atoms with E-state index in [-0.39, 0.29) is 12.2 Å². The Morgan fingerprint density at radius 3 is 2.71 bits per heavy atom. The van der Waals surface area contributed by atoms with Gasteiger partial charge in [-0.05, 0) is 37.1 Å². The molecular formula is C27H26N4O3S. The number of furan rings is 1. The lowest BCUT2D eigenvalue weighted by atomic mass is 9.89. The maximum absolute atomic E-state index is 9.83. The predicted molar refractivity (Wildman–Crippen MR) is 138 cm³/mol. The quantitative estimate of drug-likeness (QED) is 0.346. The molecule has 0 saturated heterocycles. The molecule has 178 valence electrons. The summed E-state index contributed by atoms with van der Waals surface area (Å²) >= 11 is 1.60. The van der Waals surface area contributed by atoms with Crippen LogP contribution in [0.5, 0.6) is 0 Å². The summed E-state index contributed by atoms with van der Waals surface area (Å²) in [5.41, 5.74) is 4.86. The monoisotopic (exact) mass is 486 g/mol. The van der Waals surface area contributed by atoms with Gasteiger partial charge in [-0.15, -0.1) is 11.3 Å². The molecule has 7 nitrogen and oxygen atoms in total. The topological polar surface area (TPSA) is 84.5 Å². The second kappa shape index (κ2) is 8.71. The van der Waals surface area contributed by atoms with E-state index in [0.717, 1.165) is 55.3 Å². The third kappa shape index (κ3) is 3.97. The third-order valence-corrected chi connectivity index (χ3v) is 7.52. The molecular weight excluding hydrogens is 460 g/mol.